The monoisotopic (exact) mass is 271 g/mol. The van der Waals surface area contributed by atoms with E-state index in [9.17, 15) is 4.79 Å². The predicted octanol–water partition coefficient (Wildman–Crippen LogP) is 2.51. The van der Waals surface area contributed by atoms with E-state index < -0.39 is 0 Å². The first-order valence-electron chi connectivity index (χ1n) is 7.62. The van der Waals surface area contributed by atoms with Crippen molar-refractivity contribution < 1.29 is 14.3 Å². The zero-order chi connectivity index (χ0) is 14.1. The van der Waals surface area contributed by atoms with Gasteiger partial charge in [-0.1, -0.05) is 19.8 Å². The van der Waals surface area contributed by atoms with Crippen LogP contribution < -0.4 is 5.32 Å². The van der Waals surface area contributed by atoms with Crippen LogP contribution in [0.5, 0.6) is 0 Å². The van der Waals surface area contributed by atoms with Crippen molar-refractivity contribution in [3.8, 4) is 0 Å². The molecule has 0 aromatic rings. The second-order valence-electron chi connectivity index (χ2n) is 5.42. The molecule has 1 N–H and O–H groups in total. The number of hydrogen-bond donors (Lipinski definition) is 1. The van der Waals surface area contributed by atoms with E-state index in [1.807, 2.05) is 6.92 Å². The van der Waals surface area contributed by atoms with Crippen molar-refractivity contribution in [3.63, 3.8) is 0 Å². The second kappa shape index (κ2) is 9.32. The SMILES string of the molecule is CCCC(COC)NC1CCCC(C(=O)OCC)C1. The standard InChI is InChI=1S/C15H29NO3/c1-4-7-14(11-18-3)16-13-9-6-8-12(10-13)15(17)19-5-2/h12-14,16H,4-11H2,1-3H3. The molecule has 0 aliphatic heterocycles. The highest BCUT2D eigenvalue weighted by Crippen LogP contribution is 2.26. The van der Waals surface area contributed by atoms with Gasteiger partial charge in [-0.25, -0.2) is 0 Å². The van der Waals surface area contributed by atoms with Crippen LogP contribution in [0.25, 0.3) is 0 Å². The Hall–Kier alpha value is -0.610. The van der Waals surface area contributed by atoms with Crippen LogP contribution in [0.15, 0.2) is 0 Å². The minimum Gasteiger partial charge on any atom is -0.466 e. The average Bonchev–Trinajstić information content (AvgIpc) is 2.40. The molecule has 0 amide bonds. The zero-order valence-electron chi connectivity index (χ0n) is 12.6. The van der Waals surface area contributed by atoms with E-state index >= 15 is 0 Å². The Bertz CT molecular complexity index is 252. The highest BCUT2D eigenvalue weighted by molar-refractivity contribution is 5.72. The molecule has 112 valence electrons. The molecule has 1 saturated carbocycles. The summed E-state index contributed by atoms with van der Waals surface area (Å²) in [5.74, 6) is 0.0591. The second-order valence-corrected chi connectivity index (χ2v) is 5.42. The van der Waals surface area contributed by atoms with Crippen LogP contribution in [-0.2, 0) is 14.3 Å². The molecule has 1 aliphatic carbocycles. The van der Waals surface area contributed by atoms with E-state index in [2.05, 4.69) is 12.2 Å². The summed E-state index contributed by atoms with van der Waals surface area (Å²) in [6, 6.07) is 0.829. The normalized spacial score (nSPS) is 25.0. The Balaban J connectivity index is 2.42. The lowest BCUT2D eigenvalue weighted by Gasteiger charge is -2.31. The molecule has 0 heterocycles. The minimum atomic E-state index is -0.0206. The molecule has 0 aromatic carbocycles. The number of carbonyl (C=O) groups excluding carboxylic acids is 1. The van der Waals surface area contributed by atoms with E-state index in [1.54, 1.807) is 7.11 Å². The van der Waals surface area contributed by atoms with Crippen molar-refractivity contribution in [1.82, 2.24) is 5.32 Å². The quantitative estimate of drug-likeness (QED) is 0.689. The number of methoxy groups -OCH3 is 1. The van der Waals surface area contributed by atoms with Gasteiger partial charge in [0, 0.05) is 19.2 Å². The fourth-order valence-electron chi connectivity index (χ4n) is 2.91. The maximum atomic E-state index is 11.8. The molecule has 0 bridgehead atoms. The summed E-state index contributed by atoms with van der Waals surface area (Å²) < 4.78 is 10.4. The summed E-state index contributed by atoms with van der Waals surface area (Å²) in [6.45, 7) is 5.28. The lowest BCUT2D eigenvalue weighted by Crippen LogP contribution is -2.44. The van der Waals surface area contributed by atoms with Gasteiger partial charge in [-0.3, -0.25) is 4.79 Å². The molecule has 1 aliphatic rings. The summed E-state index contributed by atoms with van der Waals surface area (Å²) in [6.07, 6.45) is 6.40. The van der Waals surface area contributed by atoms with Gasteiger partial charge >= 0.3 is 5.97 Å². The fraction of sp³-hybridized carbons (Fsp3) is 0.933. The largest absolute Gasteiger partial charge is 0.466 e. The van der Waals surface area contributed by atoms with E-state index in [4.69, 9.17) is 9.47 Å². The molecular weight excluding hydrogens is 242 g/mol. The molecule has 0 radical (unpaired) electrons. The van der Waals surface area contributed by atoms with Gasteiger partial charge < -0.3 is 14.8 Å². The number of esters is 1. The molecule has 3 atom stereocenters. The summed E-state index contributed by atoms with van der Waals surface area (Å²) in [7, 11) is 1.74. The molecule has 0 aromatic heterocycles. The van der Waals surface area contributed by atoms with Crippen molar-refractivity contribution in [1.29, 1.82) is 0 Å². The van der Waals surface area contributed by atoms with Crippen LogP contribution >= 0.6 is 0 Å². The lowest BCUT2D eigenvalue weighted by atomic mass is 9.85. The summed E-state index contributed by atoms with van der Waals surface area (Å²) in [4.78, 5) is 11.8. The average molecular weight is 271 g/mol. The molecule has 19 heavy (non-hydrogen) atoms. The third-order valence-electron chi connectivity index (χ3n) is 3.77. The van der Waals surface area contributed by atoms with Crippen molar-refractivity contribution in [2.45, 2.75) is 64.5 Å². The van der Waals surface area contributed by atoms with Gasteiger partial charge in [-0.05, 0) is 32.6 Å². The first-order valence-corrected chi connectivity index (χ1v) is 7.62. The van der Waals surface area contributed by atoms with Crippen LogP contribution in [0.3, 0.4) is 0 Å². The van der Waals surface area contributed by atoms with E-state index in [0.29, 0.717) is 18.7 Å². The highest BCUT2D eigenvalue weighted by atomic mass is 16.5. The van der Waals surface area contributed by atoms with Gasteiger partial charge in [0.15, 0.2) is 0 Å². The zero-order valence-corrected chi connectivity index (χ0v) is 12.6. The maximum absolute atomic E-state index is 11.8. The summed E-state index contributed by atoms with van der Waals surface area (Å²) in [5.41, 5.74) is 0. The van der Waals surface area contributed by atoms with Crippen LogP contribution in [0.1, 0.15) is 52.4 Å². The van der Waals surface area contributed by atoms with Gasteiger partial charge in [0.25, 0.3) is 0 Å². The van der Waals surface area contributed by atoms with Crippen LogP contribution in [0.4, 0.5) is 0 Å². The number of hydrogen-bond acceptors (Lipinski definition) is 4. The lowest BCUT2D eigenvalue weighted by molar-refractivity contribution is -0.149. The van der Waals surface area contributed by atoms with Crippen molar-refractivity contribution in [2.75, 3.05) is 20.3 Å². The molecule has 0 spiro atoms. The van der Waals surface area contributed by atoms with Crippen LogP contribution in [-0.4, -0.2) is 38.4 Å². The van der Waals surface area contributed by atoms with Crippen molar-refractivity contribution in [2.24, 2.45) is 5.92 Å². The Kier molecular flexibility index (Phi) is 8.07. The fourth-order valence-corrected chi connectivity index (χ4v) is 2.91. The third-order valence-corrected chi connectivity index (χ3v) is 3.77. The van der Waals surface area contributed by atoms with E-state index in [1.165, 1.54) is 0 Å². The Morgan fingerprint density at radius 1 is 1.37 bits per heavy atom. The topological polar surface area (TPSA) is 47.6 Å². The van der Waals surface area contributed by atoms with E-state index in [-0.39, 0.29) is 11.9 Å². The van der Waals surface area contributed by atoms with Gasteiger partial charge in [-0.2, -0.15) is 0 Å². The molecular formula is C15H29NO3. The molecule has 4 nitrogen and oxygen atoms in total. The smallest absolute Gasteiger partial charge is 0.308 e. The Morgan fingerprint density at radius 2 is 2.16 bits per heavy atom. The summed E-state index contributed by atoms with van der Waals surface area (Å²) >= 11 is 0. The van der Waals surface area contributed by atoms with Crippen molar-refractivity contribution in [3.05, 3.63) is 0 Å². The van der Waals surface area contributed by atoms with Gasteiger partial charge in [0.1, 0.15) is 0 Å². The first kappa shape index (κ1) is 16.4. The van der Waals surface area contributed by atoms with Gasteiger partial charge in [-0.15, -0.1) is 0 Å². The van der Waals surface area contributed by atoms with Crippen molar-refractivity contribution >= 4 is 5.97 Å². The third kappa shape index (κ3) is 5.91. The Labute approximate surface area is 117 Å². The number of rotatable bonds is 8. The molecule has 3 unspecified atom stereocenters. The van der Waals surface area contributed by atoms with E-state index in [0.717, 1.165) is 45.1 Å². The molecule has 1 fully saturated rings. The summed E-state index contributed by atoms with van der Waals surface area (Å²) in [5, 5.41) is 3.65. The number of carbonyl (C=O) groups is 1. The van der Waals surface area contributed by atoms with Crippen LogP contribution in [0, 0.1) is 5.92 Å². The number of nitrogens with one attached hydrogen (secondary N) is 1. The highest BCUT2D eigenvalue weighted by Gasteiger charge is 2.29. The van der Waals surface area contributed by atoms with Gasteiger partial charge in [0.05, 0.1) is 19.1 Å². The minimum absolute atomic E-state index is 0.0206. The Morgan fingerprint density at radius 3 is 2.79 bits per heavy atom. The molecule has 0 saturated heterocycles. The molecule has 4 heteroatoms. The number of ether oxygens (including phenoxy) is 2. The first-order chi connectivity index (χ1) is 9.21. The van der Waals surface area contributed by atoms with Crippen LogP contribution in [0.2, 0.25) is 0 Å². The van der Waals surface area contributed by atoms with Gasteiger partial charge in [0.2, 0.25) is 0 Å². The maximum Gasteiger partial charge on any atom is 0.308 e. The predicted molar refractivity (Wildman–Crippen MR) is 76.1 cm³/mol. The molecule has 1 rings (SSSR count).